The van der Waals surface area contributed by atoms with Crippen LogP contribution in [0.1, 0.15) is 12.8 Å². The second kappa shape index (κ2) is 3.63. The van der Waals surface area contributed by atoms with Crippen LogP contribution in [0.4, 0.5) is 5.82 Å². The van der Waals surface area contributed by atoms with Gasteiger partial charge in [-0.1, -0.05) is 17.3 Å². The minimum Gasteiger partial charge on any atom is -0.354 e. The van der Waals surface area contributed by atoms with Crippen molar-refractivity contribution >= 4 is 22.6 Å². The first-order valence-electron chi connectivity index (χ1n) is 5.45. The first kappa shape index (κ1) is 9.39. The lowest BCUT2D eigenvalue weighted by atomic mass is 10.1. The number of carbonyl (C=O) groups is 1. The number of aromatic nitrogens is 1. The summed E-state index contributed by atoms with van der Waals surface area (Å²) in [6, 6.07) is 7.80. The summed E-state index contributed by atoms with van der Waals surface area (Å²) in [6.07, 6.45) is 1.22. The number of anilines is 1. The molecule has 0 amide bonds. The molecule has 1 aliphatic rings. The van der Waals surface area contributed by atoms with Gasteiger partial charge in [-0.25, -0.2) is 0 Å². The third-order valence-corrected chi connectivity index (χ3v) is 2.98. The van der Waals surface area contributed by atoms with E-state index in [4.69, 9.17) is 4.52 Å². The summed E-state index contributed by atoms with van der Waals surface area (Å²) in [5, 5.41) is 5.11. The van der Waals surface area contributed by atoms with Gasteiger partial charge in [-0.15, -0.1) is 0 Å². The number of rotatable bonds is 1. The van der Waals surface area contributed by atoms with Crippen molar-refractivity contribution in [3.8, 4) is 0 Å². The first-order chi connectivity index (χ1) is 7.84. The summed E-state index contributed by atoms with van der Waals surface area (Å²) in [7, 11) is 0. The Morgan fingerprint density at radius 1 is 1.19 bits per heavy atom. The van der Waals surface area contributed by atoms with Gasteiger partial charge in [0.05, 0.1) is 5.39 Å². The van der Waals surface area contributed by atoms with Crippen molar-refractivity contribution in [1.29, 1.82) is 0 Å². The number of carbonyl (C=O) groups excluding carboxylic acids is 1. The van der Waals surface area contributed by atoms with Crippen LogP contribution in [0.25, 0.3) is 11.0 Å². The van der Waals surface area contributed by atoms with E-state index < -0.39 is 0 Å². The normalized spacial score (nSPS) is 17.0. The smallest absolute Gasteiger partial charge is 0.179 e. The number of benzene rings is 1. The Morgan fingerprint density at radius 2 is 1.94 bits per heavy atom. The van der Waals surface area contributed by atoms with Gasteiger partial charge in [-0.2, -0.15) is 0 Å². The maximum absolute atomic E-state index is 11.2. The molecule has 3 rings (SSSR count). The molecule has 1 aromatic heterocycles. The molecule has 0 aliphatic carbocycles. The van der Waals surface area contributed by atoms with Crippen molar-refractivity contribution < 1.29 is 9.32 Å². The second-order valence-electron chi connectivity index (χ2n) is 4.03. The topological polar surface area (TPSA) is 46.3 Å². The number of para-hydroxylation sites is 1. The van der Waals surface area contributed by atoms with E-state index in [1.165, 1.54) is 0 Å². The summed E-state index contributed by atoms with van der Waals surface area (Å²) < 4.78 is 5.25. The summed E-state index contributed by atoms with van der Waals surface area (Å²) in [6.45, 7) is 1.49. The number of piperidine rings is 1. The molecule has 1 saturated heterocycles. The van der Waals surface area contributed by atoms with E-state index in [1.54, 1.807) is 0 Å². The summed E-state index contributed by atoms with van der Waals surface area (Å²) in [5.41, 5.74) is 0.800. The highest BCUT2D eigenvalue weighted by Crippen LogP contribution is 2.27. The van der Waals surface area contributed by atoms with Crippen molar-refractivity contribution in [1.82, 2.24) is 5.16 Å². The molecule has 2 aromatic rings. The first-order valence-corrected chi connectivity index (χ1v) is 5.45. The molecule has 0 atom stereocenters. The molecule has 82 valence electrons. The lowest BCUT2D eigenvalue weighted by molar-refractivity contribution is -0.119. The molecule has 1 aliphatic heterocycles. The van der Waals surface area contributed by atoms with Crippen molar-refractivity contribution in [3.63, 3.8) is 0 Å². The van der Waals surface area contributed by atoms with E-state index in [0.29, 0.717) is 18.6 Å². The van der Waals surface area contributed by atoms with Crippen LogP contribution in [0.5, 0.6) is 0 Å². The highest BCUT2D eigenvalue weighted by Gasteiger charge is 2.20. The van der Waals surface area contributed by atoms with Crippen LogP contribution in [0.3, 0.4) is 0 Å². The summed E-state index contributed by atoms with van der Waals surface area (Å²) in [5.74, 6) is 1.20. The van der Waals surface area contributed by atoms with Gasteiger partial charge in [0.1, 0.15) is 5.78 Å². The van der Waals surface area contributed by atoms with Crippen molar-refractivity contribution in [2.45, 2.75) is 12.8 Å². The van der Waals surface area contributed by atoms with Gasteiger partial charge >= 0.3 is 0 Å². The van der Waals surface area contributed by atoms with E-state index in [1.807, 2.05) is 24.3 Å². The Kier molecular flexibility index (Phi) is 2.13. The van der Waals surface area contributed by atoms with Crippen LogP contribution < -0.4 is 4.90 Å². The Balaban J connectivity index is 1.97. The third kappa shape index (κ3) is 1.46. The fourth-order valence-corrected chi connectivity index (χ4v) is 2.07. The van der Waals surface area contributed by atoms with Gasteiger partial charge < -0.3 is 9.42 Å². The van der Waals surface area contributed by atoms with E-state index in [2.05, 4.69) is 10.1 Å². The fraction of sp³-hybridized carbons (Fsp3) is 0.333. The van der Waals surface area contributed by atoms with Crippen LogP contribution in [-0.4, -0.2) is 24.0 Å². The minimum absolute atomic E-state index is 0.337. The Morgan fingerprint density at radius 3 is 2.75 bits per heavy atom. The third-order valence-electron chi connectivity index (χ3n) is 2.98. The maximum atomic E-state index is 11.2. The lowest BCUT2D eigenvalue weighted by Gasteiger charge is -2.25. The van der Waals surface area contributed by atoms with Gasteiger partial charge in [-0.05, 0) is 12.1 Å². The van der Waals surface area contributed by atoms with E-state index in [0.717, 1.165) is 29.9 Å². The van der Waals surface area contributed by atoms with Crippen LogP contribution in [0.15, 0.2) is 28.8 Å². The molecule has 0 saturated carbocycles. The van der Waals surface area contributed by atoms with Gasteiger partial charge in [-0.3, -0.25) is 4.79 Å². The standard InChI is InChI=1S/C12H12N2O2/c15-9-5-7-14(8-6-9)12-10-3-1-2-4-11(10)16-13-12/h1-4H,5-8H2. The molecule has 0 bridgehead atoms. The SMILES string of the molecule is O=C1CCN(c2noc3ccccc23)CC1. The minimum atomic E-state index is 0.337. The van der Waals surface area contributed by atoms with E-state index in [9.17, 15) is 4.79 Å². The van der Waals surface area contributed by atoms with Gasteiger partial charge in [0.15, 0.2) is 11.4 Å². The molecule has 0 unspecified atom stereocenters. The fourth-order valence-electron chi connectivity index (χ4n) is 2.07. The number of ketones is 1. The second-order valence-corrected chi connectivity index (χ2v) is 4.03. The molecular weight excluding hydrogens is 204 g/mol. The number of hydrogen-bond donors (Lipinski definition) is 0. The van der Waals surface area contributed by atoms with Crippen LogP contribution >= 0.6 is 0 Å². The lowest BCUT2D eigenvalue weighted by Crippen LogP contribution is -2.33. The molecule has 1 aromatic carbocycles. The average molecular weight is 216 g/mol. The Labute approximate surface area is 92.8 Å². The molecule has 2 heterocycles. The predicted octanol–water partition coefficient (Wildman–Crippen LogP) is 2.00. The molecule has 0 spiro atoms. The van der Waals surface area contributed by atoms with Crippen LogP contribution in [0.2, 0.25) is 0 Å². The maximum Gasteiger partial charge on any atom is 0.179 e. The molecule has 4 nitrogen and oxygen atoms in total. The van der Waals surface area contributed by atoms with Crippen molar-refractivity contribution in [2.75, 3.05) is 18.0 Å². The van der Waals surface area contributed by atoms with Crippen LogP contribution in [0, 0.1) is 0 Å². The van der Waals surface area contributed by atoms with Crippen molar-refractivity contribution in [3.05, 3.63) is 24.3 Å². The highest BCUT2D eigenvalue weighted by molar-refractivity contribution is 5.89. The zero-order valence-corrected chi connectivity index (χ0v) is 8.85. The van der Waals surface area contributed by atoms with Gasteiger partial charge in [0, 0.05) is 25.9 Å². The van der Waals surface area contributed by atoms with E-state index >= 15 is 0 Å². The largest absolute Gasteiger partial charge is 0.354 e. The quantitative estimate of drug-likeness (QED) is 0.731. The molecule has 0 radical (unpaired) electrons. The molecule has 1 fully saturated rings. The molecular formula is C12H12N2O2. The number of hydrogen-bond acceptors (Lipinski definition) is 4. The van der Waals surface area contributed by atoms with Crippen LogP contribution in [-0.2, 0) is 4.79 Å². The highest BCUT2D eigenvalue weighted by atomic mass is 16.5. The molecule has 16 heavy (non-hydrogen) atoms. The van der Waals surface area contributed by atoms with Crippen molar-refractivity contribution in [2.24, 2.45) is 0 Å². The van der Waals surface area contributed by atoms with Gasteiger partial charge in [0.2, 0.25) is 0 Å². The predicted molar refractivity (Wildman–Crippen MR) is 60.5 cm³/mol. The Bertz CT molecular complexity index is 523. The zero-order valence-electron chi connectivity index (χ0n) is 8.85. The zero-order chi connectivity index (χ0) is 11.0. The molecule has 0 N–H and O–H groups in total. The average Bonchev–Trinajstić information content (AvgIpc) is 2.74. The number of fused-ring (bicyclic) bond motifs is 1. The molecule has 4 heteroatoms. The summed E-state index contributed by atoms with van der Waals surface area (Å²) >= 11 is 0. The number of nitrogens with zero attached hydrogens (tertiary/aromatic N) is 2. The number of Topliss-reactive ketones (excluding diaryl/α,β-unsaturated/α-hetero) is 1. The van der Waals surface area contributed by atoms with E-state index in [-0.39, 0.29) is 0 Å². The monoisotopic (exact) mass is 216 g/mol. The Hall–Kier alpha value is -1.84. The van der Waals surface area contributed by atoms with Gasteiger partial charge in [0.25, 0.3) is 0 Å². The summed E-state index contributed by atoms with van der Waals surface area (Å²) in [4.78, 5) is 13.3.